The lowest BCUT2D eigenvalue weighted by Gasteiger charge is -2.15. The van der Waals surface area contributed by atoms with E-state index in [9.17, 15) is 39.6 Å². The average Bonchev–Trinajstić information content (AvgIpc) is 3.08. The zero-order valence-electron chi connectivity index (χ0n) is 14.6. The molecule has 1 heterocycles. The van der Waals surface area contributed by atoms with Crippen LogP contribution in [0.4, 0.5) is 32.0 Å². The van der Waals surface area contributed by atoms with Crippen molar-refractivity contribution in [3.8, 4) is 0 Å². The Bertz CT molecular complexity index is 981. The quantitative estimate of drug-likeness (QED) is 0.528. The van der Waals surface area contributed by atoms with Gasteiger partial charge in [-0.05, 0) is 29.6 Å². The highest BCUT2D eigenvalue weighted by molar-refractivity contribution is 7.89. The Morgan fingerprint density at radius 2 is 1.52 bits per heavy atom. The molecule has 29 heavy (non-hydrogen) atoms. The highest BCUT2D eigenvalue weighted by atomic mass is 32.2. The van der Waals surface area contributed by atoms with Crippen molar-refractivity contribution < 1.29 is 39.6 Å². The second kappa shape index (κ2) is 7.84. The number of hydrazine groups is 1. The Morgan fingerprint density at radius 3 is 1.97 bits per heavy atom. The largest absolute Gasteiger partial charge is 0.416 e. The molecule has 14 heteroatoms. The van der Waals surface area contributed by atoms with Crippen LogP contribution in [0.2, 0.25) is 0 Å². The van der Waals surface area contributed by atoms with Gasteiger partial charge in [-0.2, -0.15) is 26.3 Å². The first-order valence-electron chi connectivity index (χ1n) is 7.49. The molecule has 0 aliphatic carbocycles. The van der Waals surface area contributed by atoms with Gasteiger partial charge in [-0.15, -0.1) is 16.2 Å². The molecule has 1 aromatic heterocycles. The summed E-state index contributed by atoms with van der Waals surface area (Å²) in [5, 5.41) is 1.54. The summed E-state index contributed by atoms with van der Waals surface area (Å²) >= 11 is 0.958. The summed E-state index contributed by atoms with van der Waals surface area (Å²) in [6, 6.07) is 1.45. The summed E-state index contributed by atoms with van der Waals surface area (Å²) in [5.41, 5.74) is -1.38. The van der Waals surface area contributed by atoms with Gasteiger partial charge in [0.05, 0.1) is 21.7 Å². The second-order valence-corrected chi connectivity index (χ2v) is 8.43. The fourth-order valence-corrected chi connectivity index (χ4v) is 3.91. The molecule has 2 N–H and O–H groups in total. The number of nitrogens with zero attached hydrogens (tertiary/aromatic N) is 1. The Balaban J connectivity index is 2.35. The van der Waals surface area contributed by atoms with Crippen LogP contribution in [0.5, 0.6) is 0 Å². The summed E-state index contributed by atoms with van der Waals surface area (Å²) in [4.78, 5) is 14.0. The molecule has 2 rings (SSSR count). The second-order valence-electron chi connectivity index (χ2n) is 5.83. The van der Waals surface area contributed by atoms with Crippen LogP contribution >= 0.6 is 11.3 Å². The van der Waals surface area contributed by atoms with Crippen molar-refractivity contribution in [2.45, 2.75) is 17.2 Å². The van der Waals surface area contributed by atoms with Crippen LogP contribution in [-0.4, -0.2) is 28.4 Å². The molecule has 0 spiro atoms. The first kappa shape index (κ1) is 23.0. The molecular formula is C15H13F6N3O3S2. The minimum atomic E-state index is -5.22. The summed E-state index contributed by atoms with van der Waals surface area (Å²) in [5.74, 6) is -0.935. The van der Waals surface area contributed by atoms with Crippen LogP contribution in [0.15, 0.2) is 34.5 Å². The third kappa shape index (κ3) is 5.39. The van der Waals surface area contributed by atoms with Gasteiger partial charge in [-0.3, -0.25) is 10.2 Å². The Labute approximate surface area is 165 Å². The van der Waals surface area contributed by atoms with E-state index >= 15 is 0 Å². The topological polar surface area (TPSA) is 78.5 Å². The van der Waals surface area contributed by atoms with E-state index < -0.39 is 44.3 Å². The Kier molecular flexibility index (Phi) is 6.20. The first-order valence-corrected chi connectivity index (χ1v) is 9.85. The zero-order chi connectivity index (χ0) is 22.2. The lowest BCUT2D eigenvalue weighted by Crippen LogP contribution is -2.41. The van der Waals surface area contributed by atoms with Crippen LogP contribution < -0.4 is 15.2 Å². The van der Waals surface area contributed by atoms with E-state index in [4.69, 9.17) is 0 Å². The van der Waals surface area contributed by atoms with Gasteiger partial charge in [0.25, 0.3) is 15.9 Å². The number of benzene rings is 1. The molecule has 0 unspecified atom stereocenters. The van der Waals surface area contributed by atoms with Gasteiger partial charge >= 0.3 is 12.4 Å². The molecule has 0 aliphatic heterocycles. The number of nitrogens with one attached hydrogen (secondary N) is 2. The minimum Gasteiger partial charge on any atom is -0.376 e. The van der Waals surface area contributed by atoms with Gasteiger partial charge < -0.3 is 4.90 Å². The predicted octanol–water partition coefficient (Wildman–Crippen LogP) is 3.48. The van der Waals surface area contributed by atoms with Crippen molar-refractivity contribution in [3.63, 3.8) is 0 Å². The Morgan fingerprint density at radius 1 is 1.00 bits per heavy atom. The summed E-state index contributed by atoms with van der Waals surface area (Å²) in [6.45, 7) is 0. The first-order chi connectivity index (χ1) is 13.1. The normalized spacial score (nSPS) is 12.7. The number of anilines is 1. The van der Waals surface area contributed by atoms with E-state index in [1.807, 2.05) is 0 Å². The average molecular weight is 461 g/mol. The van der Waals surface area contributed by atoms with Gasteiger partial charge in [0, 0.05) is 14.1 Å². The molecular weight excluding hydrogens is 448 g/mol. The molecule has 0 fully saturated rings. The highest BCUT2D eigenvalue weighted by Crippen LogP contribution is 2.37. The third-order valence-electron chi connectivity index (χ3n) is 3.50. The number of hydrogen-bond donors (Lipinski definition) is 2. The molecule has 6 nitrogen and oxygen atoms in total. The fourth-order valence-electron chi connectivity index (χ4n) is 2.14. The maximum atomic E-state index is 12.9. The number of sulfonamides is 1. The summed E-state index contributed by atoms with van der Waals surface area (Å²) in [6.07, 6.45) is -10.4. The molecule has 1 amide bonds. The minimum absolute atomic E-state index is 0.0418. The predicted molar refractivity (Wildman–Crippen MR) is 92.9 cm³/mol. The lowest BCUT2D eigenvalue weighted by molar-refractivity contribution is -0.143. The van der Waals surface area contributed by atoms with Crippen LogP contribution in [-0.2, 0) is 22.4 Å². The van der Waals surface area contributed by atoms with E-state index in [-0.39, 0.29) is 23.1 Å². The summed E-state index contributed by atoms with van der Waals surface area (Å²) in [7, 11) is -1.71. The number of thiophene rings is 1. The van der Waals surface area contributed by atoms with Crippen LogP contribution in [0.1, 0.15) is 20.8 Å². The number of halogens is 6. The summed E-state index contributed by atoms with van der Waals surface area (Å²) < 4.78 is 102. The van der Waals surface area contributed by atoms with E-state index in [2.05, 4.69) is 0 Å². The van der Waals surface area contributed by atoms with E-state index in [0.717, 1.165) is 11.3 Å². The van der Waals surface area contributed by atoms with Crippen LogP contribution in [0.25, 0.3) is 0 Å². The van der Waals surface area contributed by atoms with E-state index in [1.165, 1.54) is 4.83 Å². The van der Waals surface area contributed by atoms with Gasteiger partial charge in [-0.1, -0.05) is 0 Å². The van der Waals surface area contributed by atoms with Crippen molar-refractivity contribution in [1.82, 2.24) is 10.3 Å². The third-order valence-corrected chi connectivity index (χ3v) is 5.63. The molecule has 0 radical (unpaired) electrons. The molecule has 0 aliphatic rings. The van der Waals surface area contributed by atoms with Gasteiger partial charge in [0.15, 0.2) is 0 Å². The SMILES string of the molecule is CN(C)c1ccsc1C(=O)NNS(=O)(=O)c1cc(C(F)(F)F)cc(C(F)(F)F)c1. The number of carbonyl (C=O) groups is 1. The number of amides is 1. The number of rotatable bonds is 5. The Hall–Kier alpha value is -2.32. The molecule has 0 saturated heterocycles. The molecule has 160 valence electrons. The standard InChI is InChI=1S/C15H13F6N3O3S2/c1-24(2)11-3-4-28-12(11)13(25)22-23-29(26,27)10-6-8(14(16,17)18)5-9(7-10)15(19,20)21/h3-7,23H,1-2H3,(H,22,25). The van der Waals surface area contributed by atoms with Gasteiger partial charge in [-0.25, -0.2) is 8.42 Å². The highest BCUT2D eigenvalue weighted by Gasteiger charge is 2.38. The van der Waals surface area contributed by atoms with Crippen molar-refractivity contribution in [1.29, 1.82) is 0 Å². The van der Waals surface area contributed by atoms with Gasteiger partial charge in [0.1, 0.15) is 4.88 Å². The smallest absolute Gasteiger partial charge is 0.376 e. The molecule has 0 saturated carbocycles. The number of hydrogen-bond acceptors (Lipinski definition) is 5. The van der Waals surface area contributed by atoms with E-state index in [0.29, 0.717) is 5.69 Å². The monoisotopic (exact) mass is 461 g/mol. The molecule has 0 bridgehead atoms. The maximum absolute atomic E-state index is 12.9. The van der Waals surface area contributed by atoms with Crippen LogP contribution in [0, 0.1) is 0 Å². The van der Waals surface area contributed by atoms with Crippen molar-refractivity contribution in [2.75, 3.05) is 19.0 Å². The molecule has 2 aromatic rings. The van der Waals surface area contributed by atoms with Crippen molar-refractivity contribution >= 4 is 33.0 Å². The molecule has 0 atom stereocenters. The van der Waals surface area contributed by atoms with Crippen molar-refractivity contribution in [3.05, 3.63) is 45.6 Å². The van der Waals surface area contributed by atoms with Crippen molar-refractivity contribution in [2.24, 2.45) is 0 Å². The van der Waals surface area contributed by atoms with Gasteiger partial charge in [0.2, 0.25) is 0 Å². The van der Waals surface area contributed by atoms with E-state index in [1.54, 1.807) is 35.9 Å². The number of carbonyl (C=O) groups excluding carboxylic acids is 1. The lowest BCUT2D eigenvalue weighted by atomic mass is 10.1. The van der Waals surface area contributed by atoms with Crippen LogP contribution in [0.3, 0.4) is 0 Å². The molecule has 1 aromatic carbocycles. The zero-order valence-corrected chi connectivity index (χ0v) is 16.3. The fraction of sp³-hybridized carbons (Fsp3) is 0.267. The number of alkyl halides is 6. The maximum Gasteiger partial charge on any atom is 0.416 e.